The van der Waals surface area contributed by atoms with E-state index in [2.05, 4.69) is 0 Å². The Kier molecular flexibility index (Phi) is 5.10. The molecule has 0 atom stereocenters. The van der Waals surface area contributed by atoms with Crippen LogP contribution in [0.25, 0.3) is 0 Å². The number of carbonyl (C=O) groups is 1. The van der Waals surface area contributed by atoms with Gasteiger partial charge in [-0.25, -0.2) is 12.7 Å². The fourth-order valence-corrected chi connectivity index (χ4v) is 7.02. The van der Waals surface area contributed by atoms with Crippen molar-refractivity contribution < 1.29 is 13.2 Å². The molecule has 1 fully saturated rings. The van der Waals surface area contributed by atoms with E-state index in [4.69, 9.17) is 0 Å². The number of nitrogens with zero attached hydrogens (tertiary/aromatic N) is 1. The molecule has 146 valence electrons. The Morgan fingerprint density at radius 1 is 0.964 bits per heavy atom. The topological polar surface area (TPSA) is 54.5 Å². The number of hydrogen-bond acceptors (Lipinski definition) is 4. The SMILES string of the molecule is Cc1ccc(S(=O)(=O)N2C(=O)C=C(Sc3ccccc3)CC23CCCC3)cc1. The zero-order chi connectivity index (χ0) is 19.8. The van der Waals surface area contributed by atoms with Crippen molar-refractivity contribution >= 4 is 27.7 Å². The molecule has 28 heavy (non-hydrogen) atoms. The molecular weight excluding hydrogens is 390 g/mol. The maximum absolute atomic E-state index is 13.4. The van der Waals surface area contributed by atoms with Gasteiger partial charge in [-0.2, -0.15) is 0 Å². The van der Waals surface area contributed by atoms with Crippen LogP contribution in [0.2, 0.25) is 0 Å². The van der Waals surface area contributed by atoms with Crippen molar-refractivity contribution in [3.05, 3.63) is 71.1 Å². The average Bonchev–Trinajstić information content (AvgIpc) is 3.10. The van der Waals surface area contributed by atoms with Crippen LogP contribution in [-0.2, 0) is 14.8 Å². The molecule has 1 aliphatic carbocycles. The van der Waals surface area contributed by atoms with E-state index in [0.29, 0.717) is 6.42 Å². The van der Waals surface area contributed by atoms with Gasteiger partial charge in [0.1, 0.15) is 0 Å². The molecule has 0 radical (unpaired) electrons. The molecule has 2 aromatic carbocycles. The minimum atomic E-state index is -3.89. The van der Waals surface area contributed by atoms with E-state index in [0.717, 1.165) is 41.0 Å². The fourth-order valence-electron chi connectivity index (χ4n) is 4.18. The first-order chi connectivity index (χ1) is 13.4. The number of sulfonamides is 1. The third-order valence-corrected chi connectivity index (χ3v) is 8.45. The number of thioether (sulfide) groups is 1. The molecule has 0 N–H and O–H groups in total. The molecular formula is C22H23NO3S2. The van der Waals surface area contributed by atoms with Crippen molar-refractivity contribution in [2.75, 3.05) is 0 Å². The highest BCUT2D eigenvalue weighted by molar-refractivity contribution is 8.03. The third kappa shape index (κ3) is 3.51. The van der Waals surface area contributed by atoms with Crippen molar-refractivity contribution in [1.29, 1.82) is 0 Å². The van der Waals surface area contributed by atoms with Crippen molar-refractivity contribution in [2.45, 2.75) is 54.4 Å². The predicted octanol–water partition coefficient (Wildman–Crippen LogP) is 4.91. The molecule has 1 heterocycles. The molecule has 6 heteroatoms. The largest absolute Gasteiger partial charge is 0.269 e. The monoisotopic (exact) mass is 413 g/mol. The zero-order valence-electron chi connectivity index (χ0n) is 15.8. The third-order valence-electron chi connectivity index (χ3n) is 5.50. The first-order valence-electron chi connectivity index (χ1n) is 9.50. The van der Waals surface area contributed by atoms with Gasteiger partial charge >= 0.3 is 0 Å². The highest BCUT2D eigenvalue weighted by Gasteiger charge is 2.50. The Bertz CT molecular complexity index is 1010. The molecule has 4 rings (SSSR count). The first-order valence-corrected chi connectivity index (χ1v) is 11.8. The summed E-state index contributed by atoms with van der Waals surface area (Å²) >= 11 is 1.56. The minimum Gasteiger partial charge on any atom is -0.269 e. The summed E-state index contributed by atoms with van der Waals surface area (Å²) in [5.41, 5.74) is 0.341. The van der Waals surface area contributed by atoms with E-state index in [1.807, 2.05) is 37.3 Å². The number of amides is 1. The smallest absolute Gasteiger partial charge is 0.267 e. The number of benzene rings is 2. The molecule has 2 aliphatic rings. The number of aryl methyl sites for hydroxylation is 1. The van der Waals surface area contributed by atoms with Crippen molar-refractivity contribution in [3.63, 3.8) is 0 Å². The highest BCUT2D eigenvalue weighted by atomic mass is 32.2. The second-order valence-corrected chi connectivity index (χ2v) is 10.5. The van der Waals surface area contributed by atoms with Crippen LogP contribution in [-0.4, -0.2) is 24.2 Å². The second kappa shape index (κ2) is 7.41. The maximum atomic E-state index is 13.4. The van der Waals surface area contributed by atoms with Crippen molar-refractivity contribution in [1.82, 2.24) is 4.31 Å². The van der Waals surface area contributed by atoms with Gasteiger partial charge in [-0.05, 0) is 48.9 Å². The number of rotatable bonds is 4. The second-order valence-electron chi connectivity index (χ2n) is 7.55. The summed E-state index contributed by atoms with van der Waals surface area (Å²) in [6.45, 7) is 1.91. The summed E-state index contributed by atoms with van der Waals surface area (Å²) < 4.78 is 28.0. The molecule has 0 saturated heterocycles. The van der Waals surface area contributed by atoms with Gasteiger partial charge in [-0.1, -0.05) is 60.5 Å². The predicted molar refractivity (Wildman–Crippen MR) is 111 cm³/mol. The van der Waals surface area contributed by atoms with Gasteiger partial charge in [0.15, 0.2) is 0 Å². The van der Waals surface area contributed by atoms with Crippen LogP contribution >= 0.6 is 11.8 Å². The average molecular weight is 414 g/mol. The molecule has 1 saturated carbocycles. The zero-order valence-corrected chi connectivity index (χ0v) is 17.4. The molecule has 2 aromatic rings. The van der Waals surface area contributed by atoms with Gasteiger partial charge in [0.2, 0.25) is 0 Å². The summed E-state index contributed by atoms with van der Waals surface area (Å²) in [6, 6.07) is 16.6. The lowest BCUT2D eigenvalue weighted by molar-refractivity contribution is -0.126. The maximum Gasteiger partial charge on any atom is 0.267 e. The standard InChI is InChI=1S/C22H23NO3S2/c1-17-9-11-20(12-10-17)28(25,26)23-21(24)15-19(16-22(23)13-5-6-14-22)27-18-7-3-2-4-8-18/h2-4,7-12,15H,5-6,13-14,16H2,1H3. The summed E-state index contributed by atoms with van der Waals surface area (Å²) in [5.74, 6) is -0.424. The Morgan fingerprint density at radius 2 is 1.61 bits per heavy atom. The van der Waals surface area contributed by atoms with E-state index >= 15 is 0 Å². The van der Waals surface area contributed by atoms with Crippen molar-refractivity contribution in [2.24, 2.45) is 0 Å². The van der Waals surface area contributed by atoms with E-state index in [-0.39, 0.29) is 4.90 Å². The molecule has 0 unspecified atom stereocenters. The first kappa shape index (κ1) is 19.3. The Hall–Kier alpha value is -2.05. The van der Waals surface area contributed by atoms with Crippen LogP contribution < -0.4 is 0 Å². The molecule has 1 amide bonds. The summed E-state index contributed by atoms with van der Waals surface area (Å²) in [5, 5.41) is 0. The summed E-state index contributed by atoms with van der Waals surface area (Å²) in [7, 11) is -3.89. The molecule has 1 spiro atoms. The summed E-state index contributed by atoms with van der Waals surface area (Å²) in [6.07, 6.45) is 5.41. The Labute approximate surface area is 170 Å². The van der Waals surface area contributed by atoms with Crippen LogP contribution in [0, 0.1) is 6.92 Å². The Morgan fingerprint density at radius 3 is 2.25 bits per heavy atom. The normalized spacial score (nSPS) is 19.1. The lowest BCUT2D eigenvalue weighted by Crippen LogP contribution is -2.54. The van der Waals surface area contributed by atoms with Crippen LogP contribution in [0.3, 0.4) is 0 Å². The van der Waals surface area contributed by atoms with E-state index in [1.165, 1.54) is 10.4 Å². The van der Waals surface area contributed by atoms with Crippen LogP contribution in [0.5, 0.6) is 0 Å². The van der Waals surface area contributed by atoms with Gasteiger partial charge in [0, 0.05) is 17.4 Å². The summed E-state index contributed by atoms with van der Waals surface area (Å²) in [4.78, 5) is 15.3. The van der Waals surface area contributed by atoms with E-state index < -0.39 is 21.5 Å². The molecule has 0 bridgehead atoms. The van der Waals surface area contributed by atoms with Crippen LogP contribution in [0.15, 0.2) is 75.4 Å². The van der Waals surface area contributed by atoms with Gasteiger partial charge in [-0.15, -0.1) is 0 Å². The van der Waals surface area contributed by atoms with E-state index in [1.54, 1.807) is 36.0 Å². The van der Waals surface area contributed by atoms with Gasteiger partial charge in [0.05, 0.1) is 10.4 Å². The van der Waals surface area contributed by atoms with Gasteiger partial charge in [0.25, 0.3) is 15.9 Å². The molecule has 0 aromatic heterocycles. The quantitative estimate of drug-likeness (QED) is 0.715. The van der Waals surface area contributed by atoms with E-state index in [9.17, 15) is 13.2 Å². The number of carbonyl (C=O) groups excluding carboxylic acids is 1. The molecule has 1 aliphatic heterocycles. The fraction of sp³-hybridized carbons (Fsp3) is 0.318. The van der Waals surface area contributed by atoms with Gasteiger partial charge in [-0.3, -0.25) is 4.79 Å². The number of hydrogen-bond donors (Lipinski definition) is 0. The Balaban J connectivity index is 1.72. The lowest BCUT2D eigenvalue weighted by atomic mass is 9.90. The van der Waals surface area contributed by atoms with Gasteiger partial charge < -0.3 is 0 Å². The van der Waals surface area contributed by atoms with Crippen molar-refractivity contribution in [3.8, 4) is 0 Å². The minimum absolute atomic E-state index is 0.185. The highest BCUT2D eigenvalue weighted by Crippen LogP contribution is 2.48. The molecule has 4 nitrogen and oxygen atoms in total. The van der Waals surface area contributed by atoms with Crippen LogP contribution in [0.4, 0.5) is 0 Å². The van der Waals surface area contributed by atoms with Crippen LogP contribution in [0.1, 0.15) is 37.7 Å². The lowest BCUT2D eigenvalue weighted by Gasteiger charge is -2.43.